The molecule has 3 heteroatoms. The molecule has 2 rings (SSSR count). The number of carbonyl (C=O) groups excluding carboxylic acids is 1. The van der Waals surface area contributed by atoms with Crippen LogP contribution in [0.1, 0.15) is 44.1 Å². The van der Waals surface area contributed by atoms with Gasteiger partial charge in [-0.05, 0) is 24.5 Å². The molecule has 18 heavy (non-hydrogen) atoms. The van der Waals surface area contributed by atoms with Crippen LogP contribution in [0.2, 0.25) is 10.0 Å². The highest BCUT2D eigenvalue weighted by Gasteiger charge is 2.21. The van der Waals surface area contributed by atoms with Gasteiger partial charge in [0.1, 0.15) is 5.78 Å². The van der Waals surface area contributed by atoms with E-state index in [2.05, 4.69) is 0 Å². The van der Waals surface area contributed by atoms with Crippen molar-refractivity contribution in [1.82, 2.24) is 0 Å². The first-order valence-electron chi connectivity index (χ1n) is 6.64. The predicted octanol–water partition coefficient (Wildman–Crippen LogP) is 5.08. The summed E-state index contributed by atoms with van der Waals surface area (Å²) in [6, 6.07) is 5.50. The highest BCUT2D eigenvalue weighted by atomic mass is 35.5. The third-order valence-electron chi connectivity index (χ3n) is 3.71. The van der Waals surface area contributed by atoms with Crippen LogP contribution >= 0.6 is 23.2 Å². The van der Waals surface area contributed by atoms with Crippen molar-refractivity contribution in [2.45, 2.75) is 44.9 Å². The van der Waals surface area contributed by atoms with E-state index < -0.39 is 0 Å². The van der Waals surface area contributed by atoms with E-state index in [0.29, 0.717) is 22.2 Å². The normalized spacial score (nSPS) is 17.4. The Hall–Kier alpha value is -0.530. The van der Waals surface area contributed by atoms with Gasteiger partial charge in [-0.2, -0.15) is 0 Å². The van der Waals surface area contributed by atoms with Crippen molar-refractivity contribution in [1.29, 1.82) is 0 Å². The number of carbonyl (C=O) groups is 1. The van der Waals surface area contributed by atoms with E-state index in [1.54, 1.807) is 6.07 Å². The Labute approximate surface area is 118 Å². The third kappa shape index (κ3) is 3.49. The summed E-state index contributed by atoms with van der Waals surface area (Å²) in [5.41, 5.74) is 0.860. The van der Waals surface area contributed by atoms with Gasteiger partial charge in [0.15, 0.2) is 0 Å². The van der Waals surface area contributed by atoms with Crippen molar-refractivity contribution in [2.24, 2.45) is 5.92 Å². The number of rotatable bonds is 3. The smallest absolute Gasteiger partial charge is 0.140 e. The minimum atomic E-state index is 0.225. The highest BCUT2D eigenvalue weighted by Crippen LogP contribution is 2.29. The summed E-state index contributed by atoms with van der Waals surface area (Å²) in [6.45, 7) is 0. The van der Waals surface area contributed by atoms with Crippen molar-refractivity contribution in [3.8, 4) is 0 Å². The molecule has 1 aliphatic rings. The number of ketones is 1. The van der Waals surface area contributed by atoms with E-state index in [9.17, 15) is 4.79 Å². The number of hydrogen-bond acceptors (Lipinski definition) is 1. The Morgan fingerprint density at radius 2 is 1.78 bits per heavy atom. The van der Waals surface area contributed by atoms with Gasteiger partial charge in [-0.3, -0.25) is 4.79 Å². The molecule has 0 radical (unpaired) electrons. The summed E-state index contributed by atoms with van der Waals surface area (Å²) in [7, 11) is 0. The highest BCUT2D eigenvalue weighted by molar-refractivity contribution is 6.42. The van der Waals surface area contributed by atoms with Crippen LogP contribution < -0.4 is 0 Å². The molecule has 0 heterocycles. The lowest BCUT2D eigenvalue weighted by atomic mass is 9.91. The molecule has 0 N–H and O–H groups in total. The second-order valence-corrected chi connectivity index (χ2v) is 5.83. The van der Waals surface area contributed by atoms with Crippen LogP contribution in [0.4, 0.5) is 0 Å². The van der Waals surface area contributed by atoms with Gasteiger partial charge in [0.05, 0.1) is 10.0 Å². The summed E-state index contributed by atoms with van der Waals surface area (Å²) in [5, 5.41) is 1.06. The summed E-state index contributed by atoms with van der Waals surface area (Å²) in [5.74, 6) is 0.545. The molecule has 0 saturated heterocycles. The zero-order chi connectivity index (χ0) is 13.0. The third-order valence-corrected chi connectivity index (χ3v) is 4.56. The van der Waals surface area contributed by atoms with Crippen molar-refractivity contribution in [2.75, 3.05) is 0 Å². The van der Waals surface area contributed by atoms with Crippen LogP contribution in [0.5, 0.6) is 0 Å². The number of hydrogen-bond donors (Lipinski definition) is 0. The Bertz CT molecular complexity index is 421. The molecular formula is C15H18Cl2O. The van der Waals surface area contributed by atoms with E-state index in [4.69, 9.17) is 23.2 Å². The number of benzene rings is 1. The fourth-order valence-electron chi connectivity index (χ4n) is 2.62. The maximum atomic E-state index is 12.3. The van der Waals surface area contributed by atoms with Crippen molar-refractivity contribution >= 4 is 29.0 Å². The first-order chi connectivity index (χ1) is 8.68. The lowest BCUT2D eigenvalue weighted by Crippen LogP contribution is -2.16. The Kier molecular flexibility index (Phi) is 5.08. The van der Waals surface area contributed by atoms with Crippen LogP contribution in [0.25, 0.3) is 0 Å². The summed E-state index contributed by atoms with van der Waals surface area (Å²) in [6.07, 6.45) is 7.39. The standard InChI is InChI=1S/C15H18Cl2O/c16-13-9-5-8-12(15(13)17)10-14(18)11-6-3-1-2-4-7-11/h5,8-9,11H,1-4,6-7,10H2. The van der Waals surface area contributed by atoms with Gasteiger partial charge in [0.25, 0.3) is 0 Å². The first kappa shape index (κ1) is 13.9. The van der Waals surface area contributed by atoms with Crippen LogP contribution in [0.15, 0.2) is 18.2 Å². The quantitative estimate of drug-likeness (QED) is 0.708. The molecule has 0 bridgehead atoms. The molecule has 0 aliphatic heterocycles. The monoisotopic (exact) mass is 284 g/mol. The zero-order valence-corrected chi connectivity index (χ0v) is 11.9. The average Bonchev–Trinajstić information content (AvgIpc) is 2.63. The number of Topliss-reactive ketones (excluding diaryl/α,β-unsaturated/α-hetero) is 1. The van der Waals surface area contributed by atoms with Crippen LogP contribution in [0.3, 0.4) is 0 Å². The molecule has 0 aromatic heterocycles. The maximum absolute atomic E-state index is 12.3. The van der Waals surface area contributed by atoms with Crippen molar-refractivity contribution in [3.05, 3.63) is 33.8 Å². The first-order valence-corrected chi connectivity index (χ1v) is 7.39. The second-order valence-electron chi connectivity index (χ2n) is 5.04. The van der Waals surface area contributed by atoms with Gasteiger partial charge in [-0.1, -0.05) is 61.0 Å². The second kappa shape index (κ2) is 6.58. The summed E-state index contributed by atoms with van der Waals surface area (Å²) >= 11 is 12.1. The molecule has 0 atom stereocenters. The lowest BCUT2D eigenvalue weighted by molar-refractivity contribution is -0.122. The maximum Gasteiger partial charge on any atom is 0.140 e. The van der Waals surface area contributed by atoms with Crippen LogP contribution in [-0.4, -0.2) is 5.78 Å². The Morgan fingerprint density at radius 1 is 1.11 bits per heavy atom. The summed E-state index contributed by atoms with van der Waals surface area (Å²) in [4.78, 5) is 12.3. The molecular weight excluding hydrogens is 267 g/mol. The van der Waals surface area contributed by atoms with E-state index >= 15 is 0 Å². The van der Waals surface area contributed by atoms with E-state index in [0.717, 1.165) is 18.4 Å². The molecule has 1 saturated carbocycles. The molecule has 0 spiro atoms. The molecule has 1 aromatic carbocycles. The molecule has 0 unspecified atom stereocenters. The fourth-order valence-corrected chi connectivity index (χ4v) is 3.01. The van der Waals surface area contributed by atoms with Gasteiger partial charge in [0, 0.05) is 12.3 Å². The van der Waals surface area contributed by atoms with E-state index in [1.807, 2.05) is 12.1 Å². The van der Waals surface area contributed by atoms with Gasteiger partial charge in [0.2, 0.25) is 0 Å². The Balaban J connectivity index is 2.03. The number of halogens is 2. The SMILES string of the molecule is O=C(Cc1cccc(Cl)c1Cl)C1CCCCCC1. The minimum absolute atomic E-state index is 0.225. The lowest BCUT2D eigenvalue weighted by Gasteiger charge is -2.13. The molecule has 1 nitrogen and oxygen atoms in total. The van der Waals surface area contributed by atoms with E-state index in [1.165, 1.54) is 25.7 Å². The molecule has 1 aromatic rings. The molecule has 98 valence electrons. The minimum Gasteiger partial charge on any atom is -0.299 e. The molecule has 0 amide bonds. The largest absolute Gasteiger partial charge is 0.299 e. The van der Waals surface area contributed by atoms with Crippen LogP contribution in [-0.2, 0) is 11.2 Å². The van der Waals surface area contributed by atoms with Gasteiger partial charge < -0.3 is 0 Å². The van der Waals surface area contributed by atoms with Gasteiger partial charge in [-0.15, -0.1) is 0 Å². The van der Waals surface area contributed by atoms with Gasteiger partial charge >= 0.3 is 0 Å². The van der Waals surface area contributed by atoms with Crippen molar-refractivity contribution < 1.29 is 4.79 Å². The predicted molar refractivity (Wildman–Crippen MR) is 76.4 cm³/mol. The van der Waals surface area contributed by atoms with Crippen LogP contribution in [0, 0.1) is 5.92 Å². The zero-order valence-electron chi connectivity index (χ0n) is 10.4. The average molecular weight is 285 g/mol. The van der Waals surface area contributed by atoms with Crippen molar-refractivity contribution in [3.63, 3.8) is 0 Å². The summed E-state index contributed by atoms with van der Waals surface area (Å²) < 4.78 is 0. The molecule has 1 fully saturated rings. The fraction of sp³-hybridized carbons (Fsp3) is 0.533. The molecule has 1 aliphatic carbocycles. The Morgan fingerprint density at radius 3 is 2.44 bits per heavy atom. The van der Waals surface area contributed by atoms with E-state index in [-0.39, 0.29) is 5.92 Å². The van der Waals surface area contributed by atoms with Gasteiger partial charge in [-0.25, -0.2) is 0 Å². The topological polar surface area (TPSA) is 17.1 Å².